The molecule has 0 saturated carbocycles. The van der Waals surface area contributed by atoms with Gasteiger partial charge in [-0.05, 0) is 115 Å². The van der Waals surface area contributed by atoms with Crippen LogP contribution < -0.4 is 81.4 Å². The molecular formula is C59H89N17O17. The van der Waals surface area contributed by atoms with Crippen molar-refractivity contribution in [1.82, 2.24) is 68.5 Å². The predicted molar refractivity (Wildman–Crippen MR) is 333 cm³/mol. The van der Waals surface area contributed by atoms with E-state index in [1.807, 2.05) is 0 Å². The van der Waals surface area contributed by atoms with Gasteiger partial charge in [0.15, 0.2) is 0 Å². The second-order valence-corrected chi connectivity index (χ2v) is 21.9. The van der Waals surface area contributed by atoms with Crippen LogP contribution in [0.4, 0.5) is 0 Å². The van der Waals surface area contributed by atoms with Crippen LogP contribution in [-0.2, 0) is 81.6 Å². The average Bonchev–Trinajstić information content (AvgIpc) is 3.80. The maximum atomic E-state index is 14.2. The van der Waals surface area contributed by atoms with E-state index in [4.69, 9.17) is 22.9 Å². The topological polar surface area (TPSA) is 568 Å². The van der Waals surface area contributed by atoms with Gasteiger partial charge < -0.3 is 107 Å². The van der Waals surface area contributed by atoms with Crippen LogP contribution in [0, 0.1) is 0 Å². The zero-order valence-electron chi connectivity index (χ0n) is 51.9. The molecule has 93 heavy (non-hydrogen) atoms. The molecule has 0 saturated heterocycles. The molecule has 1 aromatic heterocycles. The lowest BCUT2D eigenvalue weighted by Gasteiger charge is -2.27. The SMILES string of the molecule is C[C@H](N)C(=O)N[C@@H](CC(=O)O)C(=O)N[C@@H](Cc1ccc(O)cc1)C(=O)N[C@@H](CCCCN)C(=O)N[C@@H](CO)C(=O)N[C@@H](CCCCN)C(=O)NCC(=O)N[C@@H](Cc1ccccc1)C(=O)N[C@@H](CCCCN)C(=O)NCC(=O)N[C@@H](C)C(=O)N[C@@H](Cc1cnc[nH]1)C(=O)O. The fourth-order valence-electron chi connectivity index (χ4n) is 8.96. The maximum Gasteiger partial charge on any atom is 0.326 e. The Bertz CT molecular complexity index is 2940. The number of hydrogen-bond acceptors (Lipinski definition) is 20. The summed E-state index contributed by atoms with van der Waals surface area (Å²) >= 11 is 0. The Morgan fingerprint density at radius 3 is 1.35 bits per heavy atom. The minimum atomic E-state index is -1.77. The third kappa shape index (κ3) is 29.5. The number of nitrogens with one attached hydrogen (secondary N) is 12. The van der Waals surface area contributed by atoms with E-state index in [0.717, 1.165) is 0 Å². The Labute approximate surface area is 536 Å². The summed E-state index contributed by atoms with van der Waals surface area (Å²) in [4.78, 5) is 179. The summed E-state index contributed by atoms with van der Waals surface area (Å²) in [5.74, 6) is -13.1. The number of aliphatic carboxylic acids is 2. The number of imidazole rings is 1. The van der Waals surface area contributed by atoms with E-state index in [-0.39, 0.29) is 76.8 Å². The van der Waals surface area contributed by atoms with Crippen molar-refractivity contribution < 1.29 is 82.8 Å². The van der Waals surface area contributed by atoms with Gasteiger partial charge in [-0.2, -0.15) is 0 Å². The monoisotopic (exact) mass is 1310 g/mol. The highest BCUT2D eigenvalue weighted by Crippen LogP contribution is 2.14. The molecule has 3 rings (SSSR count). The van der Waals surface area contributed by atoms with Crippen molar-refractivity contribution in [3.8, 4) is 5.75 Å². The van der Waals surface area contributed by atoms with E-state index in [1.165, 1.54) is 50.6 Å². The molecule has 0 fully saturated rings. The lowest BCUT2D eigenvalue weighted by molar-refractivity contribution is -0.142. The molecule has 1 heterocycles. The third-order valence-electron chi connectivity index (χ3n) is 14.1. The Morgan fingerprint density at radius 2 is 0.892 bits per heavy atom. The molecule has 0 aliphatic heterocycles. The standard InChI is InChI=1S/C59H89N17O17/c1-33(63)50(83)73-44(27-49(81)82)57(90)74-43(25-36-17-19-38(78)20-18-36)56(89)72-41(16-8-11-23-62)54(87)76-46(31-77)58(91)71-40(15-7-10-22-61)53(86)66-30-48(80)69-42(24-35-12-4-3-5-13-35)55(88)70-39(14-6-9-21-60)52(85)65-29-47(79)68-34(2)51(84)75-45(59(92)93)26-37-28-64-32-67-37/h3-5,12-13,17-20,28,32-34,39-46,77-78H,6-11,14-16,21-27,29-31,60-63H2,1-2H3,(H,64,67)(H,65,85)(H,66,86)(H,68,79)(H,69,80)(H,70,88)(H,71,91)(H,72,89)(H,73,83)(H,74,90)(H,75,84)(H,76,87)(H,81,82)(H,92,93)/t33-,34-,39-,40-,41-,42-,43-,44-,45-,46-/m0/s1. The molecule has 34 heteroatoms. The second-order valence-electron chi connectivity index (χ2n) is 21.9. The number of hydrogen-bond donors (Lipinski definition) is 20. The van der Waals surface area contributed by atoms with E-state index in [9.17, 15) is 82.8 Å². The predicted octanol–water partition coefficient (Wildman–Crippen LogP) is -5.96. The fourth-order valence-corrected chi connectivity index (χ4v) is 8.96. The quantitative estimate of drug-likeness (QED) is 0.0234. The number of nitrogens with zero attached hydrogens (tertiary/aromatic N) is 1. The molecule has 0 radical (unpaired) electrons. The molecule has 512 valence electrons. The normalized spacial score (nSPS) is 14.2. The minimum absolute atomic E-state index is 0.0253. The number of aromatic hydroxyl groups is 1. The largest absolute Gasteiger partial charge is 0.508 e. The summed E-state index contributed by atoms with van der Waals surface area (Å²) in [5.41, 5.74) is 24.2. The van der Waals surface area contributed by atoms with E-state index < -0.39 is 163 Å². The van der Waals surface area contributed by atoms with E-state index in [2.05, 4.69) is 68.5 Å². The number of rotatable bonds is 44. The number of carbonyl (C=O) groups excluding carboxylic acids is 11. The van der Waals surface area contributed by atoms with Crippen molar-refractivity contribution in [1.29, 1.82) is 0 Å². The van der Waals surface area contributed by atoms with Gasteiger partial charge in [-0.1, -0.05) is 42.5 Å². The second kappa shape index (κ2) is 41.7. The maximum absolute atomic E-state index is 14.2. The Morgan fingerprint density at radius 1 is 0.473 bits per heavy atom. The molecule has 2 aromatic carbocycles. The number of benzene rings is 2. The number of phenols is 1. The number of carbonyl (C=O) groups is 13. The van der Waals surface area contributed by atoms with Crippen molar-refractivity contribution in [2.45, 2.75) is 158 Å². The molecule has 0 aliphatic rings. The fraction of sp³-hybridized carbons (Fsp3) is 0.525. The van der Waals surface area contributed by atoms with Gasteiger partial charge in [0.1, 0.15) is 60.1 Å². The van der Waals surface area contributed by atoms with Gasteiger partial charge >= 0.3 is 11.9 Å². The van der Waals surface area contributed by atoms with Crippen LogP contribution in [-0.4, -0.2) is 207 Å². The van der Waals surface area contributed by atoms with Gasteiger partial charge in [0.2, 0.25) is 65.0 Å². The van der Waals surface area contributed by atoms with Crippen LogP contribution in [0.3, 0.4) is 0 Å². The van der Waals surface area contributed by atoms with Crippen LogP contribution in [0.25, 0.3) is 0 Å². The Balaban J connectivity index is 1.77. The van der Waals surface area contributed by atoms with Gasteiger partial charge in [-0.15, -0.1) is 0 Å². The summed E-state index contributed by atoms with van der Waals surface area (Å²) in [6.45, 7) is 0.710. The smallest absolute Gasteiger partial charge is 0.326 e. The number of carboxylic acids is 2. The van der Waals surface area contributed by atoms with Crippen molar-refractivity contribution in [2.24, 2.45) is 22.9 Å². The first-order chi connectivity index (χ1) is 44.3. The van der Waals surface area contributed by atoms with E-state index in [0.29, 0.717) is 42.5 Å². The number of aromatic amines is 1. The average molecular weight is 1310 g/mol. The van der Waals surface area contributed by atoms with Crippen LogP contribution in [0.1, 0.15) is 94.9 Å². The number of phenolic OH excluding ortho intramolecular Hbond substituents is 1. The first-order valence-electron chi connectivity index (χ1n) is 30.3. The molecule has 0 spiro atoms. The van der Waals surface area contributed by atoms with Crippen molar-refractivity contribution in [2.75, 3.05) is 39.3 Å². The number of H-pyrrole nitrogens is 1. The Hall–Kier alpha value is -9.64. The number of aromatic nitrogens is 2. The van der Waals surface area contributed by atoms with Gasteiger partial charge in [0.05, 0.1) is 38.5 Å². The first-order valence-corrected chi connectivity index (χ1v) is 30.3. The summed E-state index contributed by atoms with van der Waals surface area (Å²) in [7, 11) is 0. The highest BCUT2D eigenvalue weighted by Gasteiger charge is 2.35. The highest BCUT2D eigenvalue weighted by atomic mass is 16.4. The molecule has 10 atom stereocenters. The number of amides is 11. The van der Waals surface area contributed by atoms with Gasteiger partial charge in [0, 0.05) is 31.2 Å². The highest BCUT2D eigenvalue weighted by molar-refractivity contribution is 5.99. The summed E-state index contributed by atoms with van der Waals surface area (Å²) < 4.78 is 0. The van der Waals surface area contributed by atoms with E-state index in [1.54, 1.807) is 30.3 Å². The summed E-state index contributed by atoms with van der Waals surface area (Å²) in [6, 6.07) is -0.476. The van der Waals surface area contributed by atoms with Gasteiger partial charge in [-0.25, -0.2) is 9.78 Å². The van der Waals surface area contributed by atoms with Crippen LogP contribution in [0.2, 0.25) is 0 Å². The van der Waals surface area contributed by atoms with Crippen molar-refractivity contribution >= 4 is 76.9 Å². The number of unbranched alkanes of at least 4 members (excludes halogenated alkanes) is 3. The van der Waals surface area contributed by atoms with E-state index >= 15 is 0 Å². The third-order valence-corrected chi connectivity index (χ3v) is 14.1. The van der Waals surface area contributed by atoms with Gasteiger partial charge in [-0.3, -0.25) is 57.5 Å². The molecule has 0 bridgehead atoms. The lowest BCUT2D eigenvalue weighted by Crippen LogP contribution is -2.60. The molecule has 0 unspecified atom stereocenters. The first kappa shape index (κ1) is 77.6. The van der Waals surface area contributed by atoms with Crippen molar-refractivity contribution in [3.63, 3.8) is 0 Å². The van der Waals surface area contributed by atoms with Gasteiger partial charge in [0.25, 0.3) is 0 Å². The molecule has 0 aliphatic carbocycles. The molecule has 11 amide bonds. The molecule has 3 aromatic rings. The van der Waals surface area contributed by atoms with Crippen molar-refractivity contribution in [3.05, 3.63) is 83.9 Å². The number of carboxylic acid groups (broad SMARTS) is 2. The number of aliphatic hydroxyl groups excluding tert-OH is 1. The zero-order valence-corrected chi connectivity index (χ0v) is 51.9. The number of nitrogens with two attached hydrogens (primary N) is 4. The number of aliphatic hydroxyl groups is 1. The minimum Gasteiger partial charge on any atom is -0.508 e. The van der Waals surface area contributed by atoms with Crippen LogP contribution in [0.15, 0.2) is 67.1 Å². The molecular weight excluding hydrogens is 1220 g/mol. The van der Waals surface area contributed by atoms with Crippen LogP contribution >= 0.6 is 0 Å². The zero-order chi connectivity index (χ0) is 69.0. The molecule has 34 nitrogen and oxygen atoms in total. The molecule has 24 N–H and O–H groups in total. The summed E-state index contributed by atoms with van der Waals surface area (Å²) in [5, 5.41) is 66.3. The van der Waals surface area contributed by atoms with Crippen LogP contribution in [0.5, 0.6) is 5.75 Å². The lowest BCUT2D eigenvalue weighted by atomic mass is 10.0. The Kier molecular flexibility index (Phi) is 34.8. The summed E-state index contributed by atoms with van der Waals surface area (Å²) in [6.07, 6.45) is 3.11.